The number of ether oxygens (including phenoxy) is 1. The van der Waals surface area contributed by atoms with Gasteiger partial charge in [-0.2, -0.15) is 0 Å². The number of nitrogens with one attached hydrogen (secondary N) is 1. The number of anilines is 1. The zero-order valence-corrected chi connectivity index (χ0v) is 25.2. The Morgan fingerprint density at radius 3 is 2.36 bits per heavy atom. The SMILES string of the molecule is O=C1C2C(C(=O)N1c1ccc(Cl)cc1)[C@@H]1C[C@H]2C2Sc3[nH]c(=O)sc3C(c3cc(Cl)ccc3OCc3ccccc3)C21. The number of hydrogen-bond donors (Lipinski definition) is 1. The molecule has 3 aromatic carbocycles. The van der Waals surface area contributed by atoms with Gasteiger partial charge >= 0.3 is 4.87 Å². The fraction of sp³-hybridized carbons (Fsp3) is 0.281. The maximum Gasteiger partial charge on any atom is 0.305 e. The monoisotopic (exact) mass is 634 g/mol. The Labute approximate surface area is 260 Å². The van der Waals surface area contributed by atoms with Crippen LogP contribution in [0.2, 0.25) is 10.0 Å². The molecule has 1 saturated heterocycles. The fourth-order valence-electron chi connectivity index (χ4n) is 7.84. The Hall–Kier alpha value is -3.04. The van der Waals surface area contributed by atoms with Gasteiger partial charge in [-0.05, 0) is 72.2 Å². The second kappa shape index (κ2) is 10.0. The minimum Gasteiger partial charge on any atom is -0.489 e. The summed E-state index contributed by atoms with van der Waals surface area (Å²) < 4.78 is 6.40. The zero-order chi connectivity index (χ0) is 28.7. The average Bonchev–Trinajstić information content (AvgIpc) is 3.72. The number of amides is 2. The van der Waals surface area contributed by atoms with Crippen molar-refractivity contribution in [3.63, 3.8) is 0 Å². The number of halogens is 2. The van der Waals surface area contributed by atoms with Gasteiger partial charge in [0.2, 0.25) is 11.8 Å². The molecule has 7 atom stereocenters. The summed E-state index contributed by atoms with van der Waals surface area (Å²) in [6.45, 7) is 0.390. The third-order valence-corrected chi connectivity index (χ3v) is 12.4. The van der Waals surface area contributed by atoms with E-state index in [1.807, 2.05) is 48.5 Å². The molecule has 42 heavy (non-hydrogen) atoms. The van der Waals surface area contributed by atoms with E-state index in [1.165, 1.54) is 16.2 Å². The van der Waals surface area contributed by atoms with Crippen LogP contribution in [0.3, 0.4) is 0 Å². The highest BCUT2D eigenvalue weighted by molar-refractivity contribution is 8.00. The van der Waals surface area contributed by atoms with E-state index >= 15 is 0 Å². The smallest absolute Gasteiger partial charge is 0.305 e. The number of hydrogen-bond acceptors (Lipinski definition) is 6. The lowest BCUT2D eigenvalue weighted by Crippen LogP contribution is -2.42. The first-order valence-corrected chi connectivity index (χ1v) is 16.3. The lowest BCUT2D eigenvalue weighted by atomic mass is 9.68. The van der Waals surface area contributed by atoms with Crippen molar-refractivity contribution in [2.24, 2.45) is 29.6 Å². The van der Waals surface area contributed by atoms with Gasteiger partial charge in [-0.3, -0.25) is 19.3 Å². The maximum absolute atomic E-state index is 14.0. The van der Waals surface area contributed by atoms with E-state index < -0.39 is 5.92 Å². The molecule has 1 aromatic heterocycles. The van der Waals surface area contributed by atoms with Crippen molar-refractivity contribution in [1.82, 2.24) is 4.98 Å². The standard InChI is InChI=1S/C32H24Cl2N2O4S2/c33-16-6-9-18(10-7-16)36-30(37)25-20-13-21(26(25)31(36)38)27-24(20)23(28-29(41-27)35-32(39)42-28)19-12-17(34)8-11-22(19)40-14-15-4-2-1-3-5-15/h1-12,20-21,23-27H,13-14H2,(H,35,39)/t20-,21-,23?,24?,25?,26?,27?/m1/s1. The summed E-state index contributed by atoms with van der Waals surface area (Å²) in [5.41, 5.74) is 2.52. The average molecular weight is 636 g/mol. The minimum atomic E-state index is -0.396. The molecule has 3 fully saturated rings. The molecule has 2 aliphatic carbocycles. The van der Waals surface area contributed by atoms with E-state index in [9.17, 15) is 14.4 Å². The topological polar surface area (TPSA) is 79.5 Å². The number of H-pyrrole nitrogens is 1. The van der Waals surface area contributed by atoms with E-state index in [0.717, 1.165) is 27.5 Å². The van der Waals surface area contributed by atoms with Crippen molar-refractivity contribution in [2.75, 3.05) is 4.90 Å². The summed E-state index contributed by atoms with van der Waals surface area (Å²) in [5.74, 6) is -0.459. The number of carbonyl (C=O) groups excluding carboxylic acids is 2. The second-order valence-corrected chi connectivity index (χ2v) is 14.5. The molecule has 212 valence electrons. The summed E-state index contributed by atoms with van der Waals surface area (Å²) in [5, 5.41) is 2.05. The molecule has 4 aromatic rings. The van der Waals surface area contributed by atoms with Crippen LogP contribution in [0.5, 0.6) is 5.75 Å². The highest BCUT2D eigenvalue weighted by atomic mass is 35.5. The number of imide groups is 1. The summed E-state index contributed by atoms with van der Waals surface area (Å²) in [4.78, 5) is 45.8. The van der Waals surface area contributed by atoms with Gasteiger partial charge in [0.15, 0.2) is 0 Å². The van der Waals surface area contributed by atoms with E-state index in [0.29, 0.717) is 28.1 Å². The first kappa shape index (κ1) is 26.6. The molecule has 5 unspecified atom stereocenters. The number of fused-ring (bicyclic) bond motifs is 9. The molecule has 1 N–H and O–H groups in total. The predicted molar refractivity (Wildman–Crippen MR) is 165 cm³/mol. The van der Waals surface area contributed by atoms with E-state index in [4.69, 9.17) is 27.9 Å². The second-order valence-electron chi connectivity index (χ2n) is 11.4. The molecular weight excluding hydrogens is 611 g/mol. The number of aromatic amines is 1. The molecule has 8 rings (SSSR count). The van der Waals surface area contributed by atoms with Crippen LogP contribution < -0.4 is 14.5 Å². The van der Waals surface area contributed by atoms with Crippen molar-refractivity contribution in [3.05, 3.63) is 109 Å². The number of thioether (sulfide) groups is 1. The Balaban J connectivity index is 1.21. The number of aromatic nitrogens is 1. The molecular formula is C32H24Cl2N2O4S2. The molecule has 2 bridgehead atoms. The number of thiazole rings is 1. The highest BCUT2D eigenvalue weighted by Gasteiger charge is 2.69. The highest BCUT2D eigenvalue weighted by Crippen LogP contribution is 2.69. The molecule has 2 saturated carbocycles. The van der Waals surface area contributed by atoms with E-state index in [2.05, 4.69) is 4.98 Å². The number of benzene rings is 3. The summed E-state index contributed by atoms with van der Waals surface area (Å²) in [6, 6.07) is 22.5. The van der Waals surface area contributed by atoms with Gasteiger partial charge in [0, 0.05) is 31.7 Å². The van der Waals surface area contributed by atoms with E-state index in [-0.39, 0.29) is 51.5 Å². The van der Waals surface area contributed by atoms with Crippen LogP contribution in [-0.2, 0) is 16.2 Å². The third-order valence-electron chi connectivity index (χ3n) is 9.35. The van der Waals surface area contributed by atoms with Crippen molar-refractivity contribution in [2.45, 2.75) is 29.2 Å². The number of nitrogens with zero attached hydrogens (tertiary/aromatic N) is 1. The van der Waals surface area contributed by atoms with Crippen LogP contribution >= 0.6 is 46.3 Å². The maximum atomic E-state index is 14.0. The first-order chi connectivity index (χ1) is 20.4. The van der Waals surface area contributed by atoms with Gasteiger partial charge in [0.05, 0.1) is 22.5 Å². The van der Waals surface area contributed by atoms with Crippen LogP contribution in [0.1, 0.15) is 28.3 Å². The van der Waals surface area contributed by atoms with Gasteiger partial charge in [0.25, 0.3) is 0 Å². The summed E-state index contributed by atoms with van der Waals surface area (Å²) in [6.07, 6.45) is 0.806. The van der Waals surface area contributed by atoms with Gasteiger partial charge in [-0.1, -0.05) is 64.9 Å². The zero-order valence-electron chi connectivity index (χ0n) is 22.0. The first-order valence-electron chi connectivity index (χ1n) is 13.9. The summed E-state index contributed by atoms with van der Waals surface area (Å²) >= 11 is 15.6. The quantitative estimate of drug-likeness (QED) is 0.239. The van der Waals surface area contributed by atoms with Crippen molar-refractivity contribution < 1.29 is 14.3 Å². The molecule has 2 aliphatic heterocycles. The molecule has 2 amide bonds. The van der Waals surface area contributed by atoms with Crippen LogP contribution in [-0.4, -0.2) is 22.0 Å². The Morgan fingerprint density at radius 2 is 1.60 bits per heavy atom. The van der Waals surface area contributed by atoms with Gasteiger partial charge in [-0.25, -0.2) is 0 Å². The molecule has 0 radical (unpaired) electrons. The number of carbonyl (C=O) groups is 2. The molecule has 10 heteroatoms. The molecule has 4 aliphatic rings. The fourth-order valence-corrected chi connectivity index (χ4v) is 11.0. The van der Waals surface area contributed by atoms with Crippen LogP contribution in [0.25, 0.3) is 0 Å². The van der Waals surface area contributed by atoms with E-state index in [1.54, 1.807) is 36.0 Å². The molecule has 0 spiro atoms. The van der Waals surface area contributed by atoms with Crippen LogP contribution in [0, 0.1) is 29.6 Å². The third kappa shape index (κ3) is 4.03. The van der Waals surface area contributed by atoms with Crippen molar-refractivity contribution >= 4 is 63.8 Å². The lowest BCUT2D eigenvalue weighted by molar-refractivity contribution is -0.123. The normalized spacial score (nSPS) is 29.0. The van der Waals surface area contributed by atoms with Crippen molar-refractivity contribution in [1.29, 1.82) is 0 Å². The Bertz CT molecular complexity index is 1790. The molecule has 3 heterocycles. The van der Waals surface area contributed by atoms with Gasteiger partial charge < -0.3 is 9.72 Å². The minimum absolute atomic E-state index is 0.0115. The van der Waals surface area contributed by atoms with Crippen molar-refractivity contribution in [3.8, 4) is 5.75 Å². The molecule has 6 nitrogen and oxygen atoms in total. The predicted octanol–water partition coefficient (Wildman–Crippen LogP) is 7.00. The van der Waals surface area contributed by atoms with Crippen LogP contribution in [0.4, 0.5) is 5.69 Å². The van der Waals surface area contributed by atoms with Gasteiger partial charge in [0.1, 0.15) is 12.4 Å². The lowest BCUT2D eigenvalue weighted by Gasteiger charge is -2.43. The Morgan fingerprint density at radius 1 is 0.881 bits per heavy atom. The Kier molecular flexibility index (Phi) is 6.34. The number of rotatable bonds is 5. The summed E-state index contributed by atoms with van der Waals surface area (Å²) in [7, 11) is 0. The largest absolute Gasteiger partial charge is 0.489 e. The van der Waals surface area contributed by atoms with Gasteiger partial charge in [-0.15, -0.1) is 11.8 Å². The van der Waals surface area contributed by atoms with Crippen LogP contribution in [0.15, 0.2) is 82.6 Å².